The summed E-state index contributed by atoms with van der Waals surface area (Å²) >= 11 is -4.90. The first kappa shape index (κ1) is 48.6. The van der Waals surface area contributed by atoms with Crippen molar-refractivity contribution < 1.29 is 0 Å². The third-order valence-corrected chi connectivity index (χ3v) is 27.9. The molecule has 1 fully saturated rings. The molecule has 0 bridgehead atoms. The van der Waals surface area contributed by atoms with Crippen molar-refractivity contribution in [2.24, 2.45) is 0 Å². The average molecular weight is 1030 g/mol. The second-order valence-electron chi connectivity index (χ2n) is 15.8. The van der Waals surface area contributed by atoms with E-state index in [0.717, 1.165) is 0 Å². The number of benzene rings is 9. The minimum absolute atomic E-state index is 1.50. The van der Waals surface area contributed by atoms with Crippen LogP contribution < -0.4 is 39.6 Å². The third kappa shape index (κ3) is 14.8. The van der Waals surface area contributed by atoms with E-state index in [1.54, 1.807) is 0 Å². The van der Waals surface area contributed by atoms with Gasteiger partial charge in [-0.05, 0) is 21.1 Å². The Morgan fingerprint density at radius 2 is 0.303 bits per heavy atom. The van der Waals surface area contributed by atoms with Gasteiger partial charge in [-0.25, -0.2) is 0 Å². The van der Waals surface area contributed by atoms with Crippen molar-refractivity contribution in [3.05, 3.63) is 273 Å². The first-order valence-corrected chi connectivity index (χ1v) is 31.8. The van der Waals surface area contributed by atoms with Crippen LogP contribution in [-0.4, -0.2) is 101 Å². The first-order chi connectivity index (χ1) is 32.5. The van der Waals surface area contributed by atoms with E-state index >= 15 is 0 Å². The molecule has 0 aromatic heterocycles. The van der Waals surface area contributed by atoms with Gasteiger partial charge in [-0.3, -0.25) is 0 Å². The molecule has 0 N–H and O–H groups in total. The summed E-state index contributed by atoms with van der Waals surface area (Å²) < 4.78 is 19.5. The molecular weight excluding hydrogens is 977 g/mol. The Balaban J connectivity index is 0.000000135. The van der Waals surface area contributed by atoms with Crippen molar-refractivity contribution in [3.63, 3.8) is 0 Å². The van der Waals surface area contributed by atoms with E-state index < -0.39 is 43.0 Å². The predicted molar refractivity (Wildman–Crippen MR) is 292 cm³/mol. The summed E-state index contributed by atoms with van der Waals surface area (Å²) in [7, 11) is 12.0. The third-order valence-electron chi connectivity index (χ3n) is 10.7. The Morgan fingerprint density at radius 1 is 0.197 bits per heavy atom. The molecule has 9 aromatic rings. The molecule has 0 saturated carbocycles. The first-order valence-electron chi connectivity index (χ1n) is 22.3. The zero-order valence-electron chi connectivity index (χ0n) is 38.1. The Morgan fingerprint density at radius 3 is 0.409 bits per heavy atom. The molecule has 9 aromatic carbocycles. The van der Waals surface area contributed by atoms with Gasteiger partial charge in [0.15, 0.2) is 0 Å². The van der Waals surface area contributed by atoms with Gasteiger partial charge in [-0.1, -0.05) is 0 Å². The molecule has 0 spiro atoms. The molecule has 66 heavy (non-hydrogen) atoms. The molecule has 0 atom stereocenters. The SMILES string of the molecule is CN1[B]N(C)[B]N(C)[B]1.c1cc[c]([Ge]([c]2ccccc2)[c]2ccccc2)cc1.c1cc[c]([Ge]([c]2ccccc2)[c]2ccccc2)cc1.c1cc[c]([Ge]([c]2ccccc2)[c]2ccccc2)cc1. The van der Waals surface area contributed by atoms with E-state index in [4.69, 9.17) is 0 Å². The van der Waals surface area contributed by atoms with E-state index in [1.807, 2.05) is 58.0 Å². The summed E-state index contributed by atoms with van der Waals surface area (Å²) in [6, 6.07) is 98.4. The van der Waals surface area contributed by atoms with Gasteiger partial charge in [0.25, 0.3) is 22.6 Å². The number of rotatable bonds is 9. The molecule has 1 heterocycles. The fraction of sp³-hybridized carbons (Fsp3) is 0.0526. The summed E-state index contributed by atoms with van der Waals surface area (Å²) in [6.45, 7) is 0. The van der Waals surface area contributed by atoms with Crippen LogP contribution >= 0.6 is 0 Å². The zero-order valence-corrected chi connectivity index (χ0v) is 44.3. The molecule has 1 aliphatic rings. The van der Waals surface area contributed by atoms with Gasteiger partial charge in [-0.15, -0.1) is 0 Å². The molecule has 10 rings (SSSR count). The van der Waals surface area contributed by atoms with Gasteiger partial charge in [0, 0.05) is 0 Å². The van der Waals surface area contributed by atoms with Gasteiger partial charge in [0.2, 0.25) is 0 Å². The molecular formula is C57H54B3Ge3N3. The van der Waals surface area contributed by atoms with Crippen LogP contribution in [0, 0.1) is 0 Å². The fourth-order valence-corrected chi connectivity index (χ4v) is 24.1. The van der Waals surface area contributed by atoms with E-state index in [1.165, 1.54) is 39.6 Å². The van der Waals surface area contributed by atoms with E-state index in [9.17, 15) is 0 Å². The molecule has 318 valence electrons. The monoisotopic (exact) mass is 1040 g/mol. The second kappa shape index (κ2) is 26.7. The van der Waals surface area contributed by atoms with Crippen LogP contribution in [-0.2, 0) is 0 Å². The summed E-state index contributed by atoms with van der Waals surface area (Å²) in [6.07, 6.45) is 0. The number of hydrogen-bond donors (Lipinski definition) is 0. The zero-order chi connectivity index (χ0) is 45.6. The number of hydrogen-bond acceptors (Lipinski definition) is 3. The summed E-state index contributed by atoms with van der Waals surface area (Å²) in [5, 5.41) is 0. The van der Waals surface area contributed by atoms with Crippen molar-refractivity contribution in [1.82, 2.24) is 14.2 Å². The van der Waals surface area contributed by atoms with Crippen LogP contribution in [0.3, 0.4) is 0 Å². The van der Waals surface area contributed by atoms with Gasteiger partial charge in [0.1, 0.15) is 0 Å². The molecule has 3 nitrogen and oxygen atoms in total. The minimum atomic E-state index is -1.63. The van der Waals surface area contributed by atoms with Crippen molar-refractivity contribution >= 4 is 105 Å². The molecule has 1 saturated heterocycles. The Hall–Kier alpha value is -5.32. The van der Waals surface area contributed by atoms with E-state index in [2.05, 4.69) is 273 Å². The predicted octanol–water partition coefficient (Wildman–Crippen LogP) is 5.01. The quantitative estimate of drug-likeness (QED) is 0.189. The normalized spacial score (nSPS) is 12.5. The van der Waals surface area contributed by atoms with Crippen molar-refractivity contribution in [2.45, 2.75) is 0 Å². The number of nitrogens with zero attached hydrogens (tertiary/aromatic N) is 3. The van der Waals surface area contributed by atoms with Crippen LogP contribution in [0.5, 0.6) is 0 Å². The van der Waals surface area contributed by atoms with Crippen LogP contribution in [0.2, 0.25) is 0 Å². The Bertz CT molecular complexity index is 2080. The maximum atomic E-state index is 2.27. The Labute approximate surface area is 410 Å². The van der Waals surface area contributed by atoms with Gasteiger partial charge >= 0.3 is 356 Å². The van der Waals surface area contributed by atoms with Gasteiger partial charge < -0.3 is 14.2 Å². The van der Waals surface area contributed by atoms with E-state index in [0.29, 0.717) is 0 Å². The maximum absolute atomic E-state index is 2.27. The average Bonchev–Trinajstić information content (AvgIpc) is 3.37. The van der Waals surface area contributed by atoms with Crippen molar-refractivity contribution in [3.8, 4) is 0 Å². The van der Waals surface area contributed by atoms with Gasteiger partial charge in [-0.2, -0.15) is 0 Å². The summed E-state index contributed by atoms with van der Waals surface area (Å²) in [4.78, 5) is 0. The van der Waals surface area contributed by atoms with Crippen LogP contribution in [0.1, 0.15) is 0 Å². The molecule has 1 aliphatic heterocycles. The molecule has 6 radical (unpaired) electrons. The summed E-state index contributed by atoms with van der Waals surface area (Å²) in [5.41, 5.74) is 0. The molecule has 0 amide bonds. The van der Waals surface area contributed by atoms with Crippen LogP contribution in [0.15, 0.2) is 273 Å². The molecule has 9 heteroatoms. The Kier molecular flexibility index (Phi) is 19.7. The van der Waals surface area contributed by atoms with Crippen LogP contribution in [0.25, 0.3) is 0 Å². The van der Waals surface area contributed by atoms with Crippen molar-refractivity contribution in [1.29, 1.82) is 0 Å². The van der Waals surface area contributed by atoms with E-state index in [-0.39, 0.29) is 0 Å². The molecule has 0 aliphatic carbocycles. The second-order valence-corrected chi connectivity index (χ2v) is 31.4. The molecule has 0 unspecified atom stereocenters. The van der Waals surface area contributed by atoms with Gasteiger partial charge in [0.05, 0.1) is 0 Å². The topological polar surface area (TPSA) is 9.72 Å². The standard InChI is InChI=1S/3C18H15Ge.C3H9B3N3/c3*1-4-10-16(11-5-1)19(17-12-6-2-7-13-17)18-14-8-3-9-15-18;1-7-4-8(2)6-9(3)5-7/h3*1-15H;1-3H3. The summed E-state index contributed by atoms with van der Waals surface area (Å²) in [5.74, 6) is 0. The van der Waals surface area contributed by atoms with Crippen molar-refractivity contribution in [2.75, 3.05) is 21.1 Å². The van der Waals surface area contributed by atoms with Crippen LogP contribution in [0.4, 0.5) is 0 Å². The fourth-order valence-electron chi connectivity index (χ4n) is 7.89.